The molecule has 0 amide bonds. The number of imidazole rings is 1. The average molecular weight is 250 g/mol. The molecule has 2 aromatic heterocycles. The maximum atomic E-state index is 9.82. The Morgan fingerprint density at radius 2 is 2.17 bits per heavy atom. The van der Waals surface area contributed by atoms with Crippen LogP contribution in [0.3, 0.4) is 0 Å². The highest BCUT2D eigenvalue weighted by Gasteiger charge is 2.40. The summed E-state index contributed by atoms with van der Waals surface area (Å²) in [5, 5.41) is 9.82. The molecule has 0 aromatic carbocycles. The molecule has 5 N–H and O–H groups in total. The highest BCUT2D eigenvalue weighted by atomic mass is 16.5. The lowest BCUT2D eigenvalue weighted by molar-refractivity contribution is -0.00749. The molecule has 0 spiro atoms. The molecule has 18 heavy (non-hydrogen) atoms. The quantitative estimate of drug-likeness (QED) is 0.593. The zero-order valence-electron chi connectivity index (χ0n) is 9.76. The Bertz CT molecular complexity index is 585. The molecule has 1 saturated heterocycles. The molecule has 1 fully saturated rings. The SMILES string of the molecule is CC1OC(n2cnc3c(N)ncnc32)C(N)C1O. The molecule has 4 unspecified atom stereocenters. The first-order chi connectivity index (χ1) is 8.59. The maximum absolute atomic E-state index is 9.82. The van der Waals surface area contributed by atoms with Gasteiger partial charge in [-0.05, 0) is 6.92 Å². The van der Waals surface area contributed by atoms with E-state index < -0.39 is 18.4 Å². The van der Waals surface area contributed by atoms with E-state index in [1.165, 1.54) is 6.33 Å². The summed E-state index contributed by atoms with van der Waals surface area (Å²) >= 11 is 0. The summed E-state index contributed by atoms with van der Waals surface area (Å²) in [7, 11) is 0. The minimum Gasteiger partial charge on any atom is -0.389 e. The molecule has 4 atom stereocenters. The Balaban J connectivity index is 2.08. The molecule has 3 heterocycles. The van der Waals surface area contributed by atoms with Gasteiger partial charge in [0, 0.05) is 0 Å². The number of nitrogen functional groups attached to an aromatic ring is 1. The first kappa shape index (κ1) is 11.3. The van der Waals surface area contributed by atoms with Crippen molar-refractivity contribution >= 4 is 17.0 Å². The van der Waals surface area contributed by atoms with Gasteiger partial charge < -0.3 is 21.3 Å². The van der Waals surface area contributed by atoms with Crippen molar-refractivity contribution in [1.29, 1.82) is 0 Å². The van der Waals surface area contributed by atoms with Crippen LogP contribution in [0.15, 0.2) is 12.7 Å². The smallest absolute Gasteiger partial charge is 0.167 e. The van der Waals surface area contributed by atoms with E-state index in [9.17, 15) is 5.11 Å². The lowest BCUT2D eigenvalue weighted by Gasteiger charge is -2.17. The predicted octanol–water partition coefficient (Wildman–Crippen LogP) is -0.986. The van der Waals surface area contributed by atoms with E-state index in [2.05, 4.69) is 15.0 Å². The third-order valence-corrected chi connectivity index (χ3v) is 3.22. The van der Waals surface area contributed by atoms with Crippen LogP contribution in [0.4, 0.5) is 5.82 Å². The Labute approximate surface area is 103 Å². The standard InChI is InChI=1S/C10H14N6O2/c1-4-7(17)5(11)10(18-4)16-3-15-6-8(12)13-2-14-9(6)16/h2-5,7,10,17H,11H2,1H3,(H2,12,13,14). The fourth-order valence-corrected chi connectivity index (χ4v) is 2.18. The second-order valence-corrected chi connectivity index (χ2v) is 4.38. The molecule has 96 valence electrons. The van der Waals surface area contributed by atoms with E-state index in [1.54, 1.807) is 17.8 Å². The van der Waals surface area contributed by atoms with Gasteiger partial charge in [-0.15, -0.1) is 0 Å². The van der Waals surface area contributed by atoms with Gasteiger partial charge in [-0.25, -0.2) is 15.0 Å². The third kappa shape index (κ3) is 1.47. The number of fused-ring (bicyclic) bond motifs is 1. The highest BCUT2D eigenvalue weighted by molar-refractivity contribution is 5.81. The van der Waals surface area contributed by atoms with Crippen molar-refractivity contribution in [3.05, 3.63) is 12.7 Å². The lowest BCUT2D eigenvalue weighted by Crippen LogP contribution is -2.38. The van der Waals surface area contributed by atoms with Gasteiger partial charge >= 0.3 is 0 Å². The molecular formula is C10H14N6O2. The molecule has 0 aliphatic carbocycles. The molecule has 3 rings (SSSR count). The summed E-state index contributed by atoms with van der Waals surface area (Å²) in [6, 6.07) is -0.534. The van der Waals surface area contributed by atoms with Crippen molar-refractivity contribution in [2.75, 3.05) is 5.73 Å². The van der Waals surface area contributed by atoms with Gasteiger partial charge in [-0.3, -0.25) is 4.57 Å². The van der Waals surface area contributed by atoms with Crippen molar-refractivity contribution in [3.8, 4) is 0 Å². The molecule has 8 heteroatoms. The number of rotatable bonds is 1. The van der Waals surface area contributed by atoms with Crippen molar-refractivity contribution < 1.29 is 9.84 Å². The Hall–Kier alpha value is -1.77. The van der Waals surface area contributed by atoms with Crippen molar-refractivity contribution in [2.24, 2.45) is 5.73 Å². The number of aromatic nitrogens is 4. The zero-order chi connectivity index (χ0) is 12.9. The molecular weight excluding hydrogens is 236 g/mol. The second-order valence-electron chi connectivity index (χ2n) is 4.38. The number of nitrogens with two attached hydrogens (primary N) is 2. The van der Waals surface area contributed by atoms with Crippen molar-refractivity contribution in [1.82, 2.24) is 19.5 Å². The summed E-state index contributed by atoms with van der Waals surface area (Å²) in [6.07, 6.45) is 1.35. The maximum Gasteiger partial charge on any atom is 0.167 e. The van der Waals surface area contributed by atoms with E-state index in [4.69, 9.17) is 16.2 Å². The number of hydrogen-bond acceptors (Lipinski definition) is 7. The van der Waals surface area contributed by atoms with Crippen molar-refractivity contribution in [2.45, 2.75) is 31.4 Å². The monoisotopic (exact) mass is 250 g/mol. The summed E-state index contributed by atoms with van der Waals surface area (Å²) in [6.45, 7) is 1.77. The largest absolute Gasteiger partial charge is 0.389 e. The summed E-state index contributed by atoms with van der Waals surface area (Å²) in [4.78, 5) is 12.1. The Morgan fingerprint density at radius 1 is 1.39 bits per heavy atom. The van der Waals surface area contributed by atoms with E-state index >= 15 is 0 Å². The summed E-state index contributed by atoms with van der Waals surface area (Å²) in [5.41, 5.74) is 12.7. The molecule has 0 radical (unpaired) electrons. The molecule has 2 aromatic rings. The highest BCUT2D eigenvalue weighted by Crippen LogP contribution is 2.30. The summed E-state index contributed by atoms with van der Waals surface area (Å²) in [5.74, 6) is 0.305. The topological polar surface area (TPSA) is 125 Å². The van der Waals surface area contributed by atoms with Crippen LogP contribution in [0.25, 0.3) is 11.2 Å². The van der Waals surface area contributed by atoms with Crippen LogP contribution in [-0.4, -0.2) is 42.9 Å². The van der Waals surface area contributed by atoms with E-state index in [0.717, 1.165) is 0 Å². The van der Waals surface area contributed by atoms with Gasteiger partial charge in [-0.1, -0.05) is 0 Å². The van der Waals surface area contributed by atoms with E-state index in [0.29, 0.717) is 17.0 Å². The Morgan fingerprint density at radius 3 is 2.83 bits per heavy atom. The number of nitrogens with zero attached hydrogens (tertiary/aromatic N) is 4. The molecule has 1 aliphatic heterocycles. The first-order valence-corrected chi connectivity index (χ1v) is 5.61. The summed E-state index contributed by atoms with van der Waals surface area (Å²) < 4.78 is 7.30. The molecule has 0 bridgehead atoms. The van der Waals surface area contributed by atoms with Crippen LogP contribution >= 0.6 is 0 Å². The fraction of sp³-hybridized carbons (Fsp3) is 0.500. The third-order valence-electron chi connectivity index (χ3n) is 3.22. The average Bonchev–Trinajstić information content (AvgIpc) is 2.88. The molecule has 0 saturated carbocycles. The predicted molar refractivity (Wildman–Crippen MR) is 63.3 cm³/mol. The number of anilines is 1. The lowest BCUT2D eigenvalue weighted by atomic mass is 10.1. The van der Waals surface area contributed by atoms with Gasteiger partial charge in [0.05, 0.1) is 24.6 Å². The number of aliphatic hydroxyl groups is 1. The van der Waals surface area contributed by atoms with E-state index in [-0.39, 0.29) is 6.10 Å². The number of aliphatic hydroxyl groups excluding tert-OH is 1. The molecule has 8 nitrogen and oxygen atoms in total. The minimum atomic E-state index is -0.716. The van der Waals surface area contributed by atoms with Crippen LogP contribution in [-0.2, 0) is 4.74 Å². The number of ether oxygens (including phenoxy) is 1. The molecule has 1 aliphatic rings. The van der Waals surface area contributed by atoms with Crippen LogP contribution in [0.1, 0.15) is 13.2 Å². The van der Waals surface area contributed by atoms with Gasteiger partial charge in [0.15, 0.2) is 17.7 Å². The van der Waals surface area contributed by atoms with Crippen LogP contribution < -0.4 is 11.5 Å². The van der Waals surface area contributed by atoms with Gasteiger partial charge in [0.1, 0.15) is 11.8 Å². The minimum absolute atomic E-state index is 0.305. The van der Waals surface area contributed by atoms with Crippen LogP contribution in [0.2, 0.25) is 0 Å². The van der Waals surface area contributed by atoms with Crippen LogP contribution in [0, 0.1) is 0 Å². The Kier molecular flexibility index (Phi) is 2.44. The van der Waals surface area contributed by atoms with E-state index in [1.807, 2.05) is 0 Å². The van der Waals surface area contributed by atoms with Gasteiger partial charge in [-0.2, -0.15) is 0 Å². The second kappa shape index (κ2) is 3.87. The normalized spacial score (nSPS) is 32.2. The van der Waals surface area contributed by atoms with Gasteiger partial charge in [0.2, 0.25) is 0 Å². The van der Waals surface area contributed by atoms with Crippen molar-refractivity contribution in [3.63, 3.8) is 0 Å². The fourth-order valence-electron chi connectivity index (χ4n) is 2.18. The van der Waals surface area contributed by atoms with Gasteiger partial charge in [0.25, 0.3) is 0 Å². The number of hydrogen-bond donors (Lipinski definition) is 3. The zero-order valence-corrected chi connectivity index (χ0v) is 9.76. The first-order valence-electron chi connectivity index (χ1n) is 5.61. The van der Waals surface area contributed by atoms with Crippen LogP contribution in [0.5, 0.6) is 0 Å².